The maximum Gasteiger partial charge on any atom is 0.291 e. The normalized spacial score (nSPS) is 10.4. The van der Waals surface area contributed by atoms with Crippen LogP contribution in [0.3, 0.4) is 0 Å². The molecule has 0 aliphatic carbocycles. The van der Waals surface area contributed by atoms with Gasteiger partial charge in [-0.15, -0.1) is 10.2 Å². The van der Waals surface area contributed by atoms with E-state index in [4.69, 9.17) is 0 Å². The van der Waals surface area contributed by atoms with Crippen LogP contribution in [0.15, 0.2) is 12.1 Å². The summed E-state index contributed by atoms with van der Waals surface area (Å²) in [7, 11) is 0. The molecule has 0 saturated carbocycles. The fraction of sp³-hybridized carbons (Fsp3) is 0. The summed E-state index contributed by atoms with van der Waals surface area (Å²) < 4.78 is 51.8. The van der Waals surface area contributed by atoms with Gasteiger partial charge in [0.15, 0.2) is 11.6 Å². The molecule has 94 valence electrons. The van der Waals surface area contributed by atoms with Gasteiger partial charge in [0.05, 0.1) is 0 Å². The first-order valence-corrected chi connectivity index (χ1v) is 5.24. The summed E-state index contributed by atoms with van der Waals surface area (Å²) in [6.45, 7) is 0. The highest BCUT2D eigenvalue weighted by Crippen LogP contribution is 2.19. The molecule has 0 spiro atoms. The molecule has 0 atom stereocenters. The summed E-state index contributed by atoms with van der Waals surface area (Å²) in [4.78, 5) is 11.5. The lowest BCUT2D eigenvalue weighted by Gasteiger charge is -2.04. The second-order valence-electron chi connectivity index (χ2n) is 3.03. The maximum atomic E-state index is 13.2. The van der Waals surface area contributed by atoms with Gasteiger partial charge in [-0.05, 0) is 23.5 Å². The number of hydrogen-bond donors (Lipinski definition) is 1. The first-order valence-electron chi connectivity index (χ1n) is 4.43. The average Bonchev–Trinajstić information content (AvgIpc) is 2.70. The molecule has 0 aliphatic rings. The van der Waals surface area contributed by atoms with Crippen molar-refractivity contribution in [2.24, 2.45) is 0 Å². The quantitative estimate of drug-likeness (QED) is 0.677. The van der Waals surface area contributed by atoms with Crippen molar-refractivity contribution < 1.29 is 22.4 Å². The first kappa shape index (κ1) is 12.4. The zero-order valence-electron chi connectivity index (χ0n) is 8.38. The number of nitrogens with zero attached hydrogens (tertiary/aromatic N) is 2. The van der Waals surface area contributed by atoms with E-state index in [1.54, 1.807) is 0 Å². The van der Waals surface area contributed by atoms with Crippen LogP contribution >= 0.6 is 11.3 Å². The third-order valence-electron chi connectivity index (χ3n) is 1.89. The summed E-state index contributed by atoms with van der Waals surface area (Å²) in [6, 6.07) is 1.15. The van der Waals surface area contributed by atoms with Gasteiger partial charge in [0.25, 0.3) is 11.2 Å². The number of halogens is 4. The summed E-state index contributed by atoms with van der Waals surface area (Å²) >= 11 is 0.367. The standard InChI is InChI=1S/C9H3F4N3OS/c10-3-1-2-4(11)6(12)5(3)7(17)14-9-16-15-8(13)18-9/h1-2H,(H,14,16,17). The Morgan fingerprint density at radius 2 is 1.78 bits per heavy atom. The van der Waals surface area contributed by atoms with E-state index in [2.05, 4.69) is 10.2 Å². The minimum atomic E-state index is -1.63. The van der Waals surface area contributed by atoms with Crippen molar-refractivity contribution >= 4 is 22.4 Å². The van der Waals surface area contributed by atoms with E-state index >= 15 is 0 Å². The van der Waals surface area contributed by atoms with Gasteiger partial charge in [-0.2, -0.15) is 4.39 Å². The molecule has 1 aromatic carbocycles. The number of benzene rings is 1. The zero-order valence-corrected chi connectivity index (χ0v) is 9.19. The predicted octanol–water partition coefficient (Wildman–Crippen LogP) is 2.35. The van der Waals surface area contributed by atoms with E-state index in [9.17, 15) is 22.4 Å². The van der Waals surface area contributed by atoms with Gasteiger partial charge in [-0.25, -0.2) is 13.2 Å². The van der Waals surface area contributed by atoms with Crippen LogP contribution < -0.4 is 5.32 Å². The molecular formula is C9H3F4N3OS. The number of nitrogens with one attached hydrogen (secondary N) is 1. The Kier molecular flexibility index (Phi) is 3.24. The van der Waals surface area contributed by atoms with Crippen LogP contribution in [-0.2, 0) is 0 Å². The minimum Gasteiger partial charge on any atom is -0.296 e. The highest BCUT2D eigenvalue weighted by Gasteiger charge is 2.21. The van der Waals surface area contributed by atoms with E-state index < -0.39 is 34.2 Å². The fourth-order valence-corrected chi connectivity index (χ4v) is 1.62. The van der Waals surface area contributed by atoms with E-state index in [1.807, 2.05) is 5.32 Å². The highest BCUT2D eigenvalue weighted by molar-refractivity contribution is 7.13. The van der Waals surface area contributed by atoms with Gasteiger partial charge in [0.2, 0.25) is 5.13 Å². The van der Waals surface area contributed by atoms with Crippen molar-refractivity contribution in [3.8, 4) is 0 Å². The molecule has 1 aromatic heterocycles. The SMILES string of the molecule is O=C(Nc1nnc(F)s1)c1c(F)ccc(F)c1F. The van der Waals surface area contributed by atoms with Crippen molar-refractivity contribution in [3.05, 3.63) is 40.4 Å². The van der Waals surface area contributed by atoms with Crippen LogP contribution in [0.5, 0.6) is 0 Å². The largest absolute Gasteiger partial charge is 0.296 e. The van der Waals surface area contributed by atoms with Crippen LogP contribution in [0, 0.1) is 22.7 Å². The molecule has 0 unspecified atom stereocenters. The van der Waals surface area contributed by atoms with Crippen LogP contribution in [0.1, 0.15) is 10.4 Å². The van der Waals surface area contributed by atoms with Gasteiger partial charge < -0.3 is 0 Å². The second kappa shape index (κ2) is 4.69. The molecule has 4 nitrogen and oxygen atoms in total. The van der Waals surface area contributed by atoms with Crippen molar-refractivity contribution in [2.45, 2.75) is 0 Å². The van der Waals surface area contributed by atoms with E-state index in [0.717, 1.165) is 0 Å². The second-order valence-corrected chi connectivity index (χ2v) is 3.96. The van der Waals surface area contributed by atoms with Gasteiger partial charge in [0, 0.05) is 0 Å². The number of rotatable bonds is 2. The summed E-state index contributed by atoms with van der Waals surface area (Å²) in [5.74, 6) is -5.51. The molecule has 2 rings (SSSR count). The van der Waals surface area contributed by atoms with Crippen LogP contribution in [0.4, 0.5) is 22.7 Å². The number of carbonyl (C=O) groups excluding carboxylic acids is 1. The topological polar surface area (TPSA) is 54.9 Å². The molecule has 0 bridgehead atoms. The lowest BCUT2D eigenvalue weighted by Crippen LogP contribution is -2.16. The van der Waals surface area contributed by atoms with E-state index in [1.165, 1.54) is 0 Å². The lowest BCUT2D eigenvalue weighted by molar-refractivity contribution is 0.101. The average molecular weight is 277 g/mol. The maximum absolute atomic E-state index is 13.2. The lowest BCUT2D eigenvalue weighted by atomic mass is 10.2. The molecule has 18 heavy (non-hydrogen) atoms. The van der Waals surface area contributed by atoms with Gasteiger partial charge in [-0.1, -0.05) is 0 Å². The molecular weight excluding hydrogens is 274 g/mol. The van der Waals surface area contributed by atoms with E-state index in [-0.39, 0.29) is 5.13 Å². The van der Waals surface area contributed by atoms with Crippen molar-refractivity contribution in [1.82, 2.24) is 10.2 Å². The Morgan fingerprint density at radius 1 is 1.11 bits per heavy atom. The van der Waals surface area contributed by atoms with Crippen LogP contribution in [0.25, 0.3) is 0 Å². The Labute approximate surface area is 101 Å². The third kappa shape index (κ3) is 2.30. The Balaban J connectivity index is 2.32. The monoisotopic (exact) mass is 277 g/mol. The molecule has 0 aliphatic heterocycles. The highest BCUT2D eigenvalue weighted by atomic mass is 32.1. The van der Waals surface area contributed by atoms with Crippen molar-refractivity contribution in [1.29, 1.82) is 0 Å². The van der Waals surface area contributed by atoms with Crippen LogP contribution in [0.2, 0.25) is 0 Å². The Bertz CT molecular complexity index is 616. The zero-order chi connectivity index (χ0) is 13.3. The number of anilines is 1. The number of amides is 1. The molecule has 0 fully saturated rings. The number of carbonyl (C=O) groups is 1. The molecule has 1 heterocycles. The Morgan fingerprint density at radius 3 is 2.39 bits per heavy atom. The molecule has 0 saturated heterocycles. The van der Waals surface area contributed by atoms with Crippen molar-refractivity contribution in [2.75, 3.05) is 5.32 Å². The molecule has 0 radical (unpaired) electrons. The van der Waals surface area contributed by atoms with E-state index in [0.29, 0.717) is 23.5 Å². The van der Waals surface area contributed by atoms with Crippen molar-refractivity contribution in [3.63, 3.8) is 0 Å². The number of aromatic nitrogens is 2. The van der Waals surface area contributed by atoms with Gasteiger partial charge in [0.1, 0.15) is 11.4 Å². The molecule has 2 aromatic rings. The smallest absolute Gasteiger partial charge is 0.291 e. The Hall–Kier alpha value is -2.03. The summed E-state index contributed by atoms with van der Waals surface area (Å²) in [5, 5.41) is 6.83. The molecule has 9 heteroatoms. The van der Waals surface area contributed by atoms with Crippen LogP contribution in [-0.4, -0.2) is 16.1 Å². The fourth-order valence-electron chi connectivity index (χ4n) is 1.15. The predicted molar refractivity (Wildman–Crippen MR) is 54.1 cm³/mol. The minimum absolute atomic E-state index is 0.291. The van der Waals surface area contributed by atoms with Gasteiger partial charge >= 0.3 is 0 Å². The van der Waals surface area contributed by atoms with Gasteiger partial charge in [-0.3, -0.25) is 10.1 Å². The third-order valence-corrected chi connectivity index (χ3v) is 2.52. The number of hydrogen-bond acceptors (Lipinski definition) is 4. The summed E-state index contributed by atoms with van der Waals surface area (Å²) in [6.07, 6.45) is 0. The molecule has 1 amide bonds. The summed E-state index contributed by atoms with van der Waals surface area (Å²) in [5.41, 5.74) is -1.11. The first-order chi connectivity index (χ1) is 8.49. The molecule has 1 N–H and O–H groups in total.